The molecule has 1 aromatic rings. The molecule has 2 heterocycles. The second-order valence-corrected chi connectivity index (χ2v) is 6.89. The minimum absolute atomic E-state index is 0.174. The zero-order chi connectivity index (χ0) is 13.6. The van der Waals surface area contributed by atoms with Crippen LogP contribution < -0.4 is 0 Å². The summed E-state index contributed by atoms with van der Waals surface area (Å²) in [6.45, 7) is 5.67. The van der Waals surface area contributed by atoms with E-state index in [-0.39, 0.29) is 18.0 Å². The molecule has 0 bridgehead atoms. The predicted octanol–water partition coefficient (Wildman–Crippen LogP) is 0.562. The van der Waals surface area contributed by atoms with Gasteiger partial charge in [-0.2, -0.15) is 9.40 Å². The van der Waals surface area contributed by atoms with Crippen LogP contribution in [0.2, 0.25) is 0 Å². The summed E-state index contributed by atoms with van der Waals surface area (Å²) >= 11 is 0. The van der Waals surface area contributed by atoms with Gasteiger partial charge < -0.3 is 5.11 Å². The van der Waals surface area contributed by atoms with Crippen LogP contribution in [0.15, 0.2) is 4.90 Å². The largest absolute Gasteiger partial charge is 0.387 e. The molecular formula is C11H19N3O3S. The number of aromatic nitrogens is 2. The SMILES string of the molecule is CCCC1(O)CN(S(=O)(=O)c2c(C)n[nH]c2C)C1. The number of hydrogen-bond acceptors (Lipinski definition) is 4. The molecule has 0 atom stereocenters. The lowest BCUT2D eigenvalue weighted by molar-refractivity contribution is -0.0653. The maximum absolute atomic E-state index is 12.4. The average molecular weight is 273 g/mol. The summed E-state index contributed by atoms with van der Waals surface area (Å²) in [5, 5.41) is 16.6. The Kier molecular flexibility index (Phi) is 3.25. The van der Waals surface area contributed by atoms with Crippen molar-refractivity contribution in [2.24, 2.45) is 0 Å². The summed E-state index contributed by atoms with van der Waals surface area (Å²) in [5.74, 6) is 0. The van der Waals surface area contributed by atoms with Crippen molar-refractivity contribution >= 4 is 10.0 Å². The highest BCUT2D eigenvalue weighted by Crippen LogP contribution is 2.32. The highest BCUT2D eigenvalue weighted by molar-refractivity contribution is 7.89. The fraction of sp³-hybridized carbons (Fsp3) is 0.727. The molecule has 0 aliphatic carbocycles. The van der Waals surface area contributed by atoms with Gasteiger partial charge in [-0.3, -0.25) is 5.10 Å². The number of aromatic amines is 1. The van der Waals surface area contributed by atoms with E-state index >= 15 is 0 Å². The van der Waals surface area contributed by atoms with Gasteiger partial charge in [-0.15, -0.1) is 0 Å². The van der Waals surface area contributed by atoms with Crippen molar-refractivity contribution in [3.63, 3.8) is 0 Å². The molecule has 102 valence electrons. The smallest absolute Gasteiger partial charge is 0.246 e. The lowest BCUT2D eigenvalue weighted by Crippen LogP contribution is -2.63. The first-order chi connectivity index (χ1) is 8.30. The van der Waals surface area contributed by atoms with Crippen LogP contribution in [0.4, 0.5) is 0 Å². The normalized spacial score (nSPS) is 19.8. The van der Waals surface area contributed by atoms with E-state index in [2.05, 4.69) is 10.2 Å². The zero-order valence-electron chi connectivity index (χ0n) is 10.9. The number of aryl methyl sites for hydroxylation is 2. The third-order valence-corrected chi connectivity index (χ3v) is 5.37. The fourth-order valence-corrected chi connectivity index (χ4v) is 4.38. The van der Waals surface area contributed by atoms with Crippen LogP contribution in [0, 0.1) is 13.8 Å². The van der Waals surface area contributed by atoms with Crippen molar-refractivity contribution in [1.82, 2.24) is 14.5 Å². The predicted molar refractivity (Wildman–Crippen MR) is 66.7 cm³/mol. The molecule has 1 aliphatic rings. The molecule has 2 rings (SSSR count). The van der Waals surface area contributed by atoms with E-state index < -0.39 is 15.6 Å². The van der Waals surface area contributed by atoms with Gasteiger partial charge in [-0.1, -0.05) is 13.3 Å². The number of nitrogens with one attached hydrogen (secondary N) is 1. The minimum atomic E-state index is -3.53. The first kappa shape index (κ1) is 13.5. The van der Waals surface area contributed by atoms with Gasteiger partial charge in [0.15, 0.2) is 0 Å². The molecule has 0 saturated carbocycles. The van der Waals surface area contributed by atoms with E-state index in [1.807, 2.05) is 6.92 Å². The summed E-state index contributed by atoms with van der Waals surface area (Å²) in [5.41, 5.74) is 0.157. The van der Waals surface area contributed by atoms with Crippen molar-refractivity contribution in [1.29, 1.82) is 0 Å². The van der Waals surface area contributed by atoms with E-state index in [9.17, 15) is 13.5 Å². The van der Waals surface area contributed by atoms with Gasteiger partial charge in [0.25, 0.3) is 0 Å². The van der Waals surface area contributed by atoms with E-state index in [4.69, 9.17) is 0 Å². The molecule has 1 fully saturated rings. The van der Waals surface area contributed by atoms with Crippen molar-refractivity contribution < 1.29 is 13.5 Å². The second kappa shape index (κ2) is 4.32. The molecule has 2 N–H and O–H groups in total. The Bertz CT molecular complexity index is 524. The number of H-pyrrole nitrogens is 1. The second-order valence-electron chi connectivity index (χ2n) is 5.01. The Labute approximate surface area is 107 Å². The highest BCUT2D eigenvalue weighted by atomic mass is 32.2. The van der Waals surface area contributed by atoms with Gasteiger partial charge in [0.05, 0.1) is 17.0 Å². The van der Waals surface area contributed by atoms with Gasteiger partial charge in [-0.05, 0) is 20.3 Å². The summed E-state index contributed by atoms with van der Waals surface area (Å²) in [7, 11) is -3.53. The lowest BCUT2D eigenvalue weighted by atomic mass is 9.92. The van der Waals surface area contributed by atoms with Gasteiger partial charge in [0.2, 0.25) is 10.0 Å². The fourth-order valence-electron chi connectivity index (χ4n) is 2.45. The molecule has 0 spiro atoms. The molecule has 18 heavy (non-hydrogen) atoms. The van der Waals surface area contributed by atoms with Crippen molar-refractivity contribution in [3.05, 3.63) is 11.4 Å². The van der Waals surface area contributed by atoms with Gasteiger partial charge >= 0.3 is 0 Å². The molecule has 1 saturated heterocycles. The summed E-state index contributed by atoms with van der Waals surface area (Å²) < 4.78 is 26.0. The first-order valence-corrected chi connectivity index (χ1v) is 7.48. The average Bonchev–Trinajstić information content (AvgIpc) is 2.55. The third kappa shape index (κ3) is 2.06. The maximum atomic E-state index is 12.4. The van der Waals surface area contributed by atoms with Crippen molar-refractivity contribution in [2.45, 2.75) is 44.1 Å². The number of aliphatic hydroxyl groups is 1. The topological polar surface area (TPSA) is 86.3 Å². The summed E-state index contributed by atoms with van der Waals surface area (Å²) in [6.07, 6.45) is 1.47. The van der Waals surface area contributed by atoms with Crippen LogP contribution in [-0.2, 0) is 10.0 Å². The number of nitrogens with zero attached hydrogens (tertiary/aromatic N) is 2. The number of hydrogen-bond donors (Lipinski definition) is 2. The Morgan fingerprint density at radius 1 is 1.44 bits per heavy atom. The molecule has 7 heteroatoms. The van der Waals surface area contributed by atoms with Gasteiger partial charge in [-0.25, -0.2) is 8.42 Å². The maximum Gasteiger partial charge on any atom is 0.246 e. The number of β-amino-alcohol motifs (C(OH)–C–C–N with tert-alkyl or cyclic N) is 1. The van der Waals surface area contributed by atoms with Crippen LogP contribution in [0.25, 0.3) is 0 Å². The highest BCUT2D eigenvalue weighted by Gasteiger charge is 2.47. The molecule has 0 amide bonds. The monoisotopic (exact) mass is 273 g/mol. The van der Waals surface area contributed by atoms with E-state index in [0.29, 0.717) is 17.8 Å². The van der Waals surface area contributed by atoms with E-state index in [1.165, 1.54) is 4.31 Å². The van der Waals surface area contributed by atoms with E-state index in [0.717, 1.165) is 6.42 Å². The Morgan fingerprint density at radius 2 is 2.06 bits per heavy atom. The molecule has 1 aromatic heterocycles. The van der Waals surface area contributed by atoms with Crippen LogP contribution in [0.1, 0.15) is 31.2 Å². The minimum Gasteiger partial charge on any atom is -0.387 e. The molecular weight excluding hydrogens is 254 g/mol. The third-order valence-electron chi connectivity index (χ3n) is 3.32. The molecule has 0 unspecified atom stereocenters. The van der Waals surface area contributed by atoms with Crippen molar-refractivity contribution in [3.8, 4) is 0 Å². The molecule has 1 aliphatic heterocycles. The van der Waals surface area contributed by atoms with Crippen LogP contribution in [0.3, 0.4) is 0 Å². The first-order valence-electron chi connectivity index (χ1n) is 6.04. The van der Waals surface area contributed by atoms with Crippen LogP contribution >= 0.6 is 0 Å². The lowest BCUT2D eigenvalue weighted by Gasteiger charge is -2.45. The Balaban J connectivity index is 2.21. The Hall–Kier alpha value is -0.920. The number of sulfonamides is 1. The van der Waals surface area contributed by atoms with Crippen LogP contribution in [0.5, 0.6) is 0 Å². The molecule has 0 aromatic carbocycles. The summed E-state index contributed by atoms with van der Waals surface area (Å²) in [6, 6.07) is 0. The molecule has 0 radical (unpaired) electrons. The van der Waals surface area contributed by atoms with Gasteiger partial charge in [0.1, 0.15) is 4.90 Å². The quantitative estimate of drug-likeness (QED) is 0.839. The zero-order valence-corrected chi connectivity index (χ0v) is 11.7. The van der Waals surface area contributed by atoms with Crippen LogP contribution in [-0.4, -0.2) is 46.7 Å². The summed E-state index contributed by atoms with van der Waals surface area (Å²) in [4.78, 5) is 0.237. The van der Waals surface area contributed by atoms with E-state index in [1.54, 1.807) is 13.8 Å². The molecule has 6 nitrogen and oxygen atoms in total. The standard InChI is InChI=1S/C11H19N3O3S/c1-4-5-11(15)6-14(7-11)18(16,17)10-8(2)12-13-9(10)3/h15H,4-7H2,1-3H3,(H,12,13). The van der Waals surface area contributed by atoms with Crippen molar-refractivity contribution in [2.75, 3.05) is 13.1 Å². The Morgan fingerprint density at radius 3 is 2.50 bits per heavy atom. The van der Waals surface area contributed by atoms with Gasteiger partial charge in [0, 0.05) is 13.1 Å². The number of rotatable bonds is 4.